The van der Waals surface area contributed by atoms with Crippen LogP contribution in [0.1, 0.15) is 30.0 Å². The smallest absolute Gasteiger partial charge is 0.449 e. The number of pyridine rings is 1. The number of hydrogen-bond acceptors (Lipinski definition) is 5. The van der Waals surface area contributed by atoms with Gasteiger partial charge in [-0.05, 0) is 38.3 Å². The monoisotopic (exact) mass is 318 g/mol. The fourth-order valence-corrected chi connectivity index (χ4v) is 2.73. The van der Waals surface area contributed by atoms with E-state index < -0.39 is 16.5 Å². The van der Waals surface area contributed by atoms with Crippen molar-refractivity contribution in [1.29, 1.82) is 0 Å². The molecule has 0 atom stereocenters. The SMILES string of the molecule is Cc1cc2c(=O)c(OC(=O)O)cn(C3CC3)c2c([N+](=O)[O-])c1C. The molecule has 1 saturated carbocycles. The van der Waals surface area contributed by atoms with E-state index in [1.54, 1.807) is 24.5 Å². The molecule has 0 aliphatic heterocycles. The van der Waals surface area contributed by atoms with Crippen molar-refractivity contribution in [2.45, 2.75) is 32.7 Å². The molecule has 8 heteroatoms. The van der Waals surface area contributed by atoms with Gasteiger partial charge in [0.1, 0.15) is 5.52 Å². The summed E-state index contributed by atoms with van der Waals surface area (Å²) in [6, 6.07) is 1.56. The molecule has 1 aliphatic carbocycles. The van der Waals surface area contributed by atoms with Crippen LogP contribution in [-0.2, 0) is 0 Å². The van der Waals surface area contributed by atoms with Gasteiger partial charge in [0.05, 0.1) is 16.5 Å². The highest BCUT2D eigenvalue weighted by Gasteiger charge is 2.31. The first-order valence-corrected chi connectivity index (χ1v) is 7.05. The van der Waals surface area contributed by atoms with Crippen LogP contribution in [0.15, 0.2) is 17.1 Å². The van der Waals surface area contributed by atoms with E-state index in [-0.39, 0.29) is 28.4 Å². The summed E-state index contributed by atoms with van der Waals surface area (Å²) in [6.07, 6.45) is 1.29. The Bertz CT molecular complexity index is 911. The molecule has 1 heterocycles. The summed E-state index contributed by atoms with van der Waals surface area (Å²) in [5, 5.41) is 20.4. The minimum absolute atomic E-state index is 0.00931. The number of fused-ring (bicyclic) bond motifs is 1. The summed E-state index contributed by atoms with van der Waals surface area (Å²) >= 11 is 0. The first-order chi connectivity index (χ1) is 10.8. The van der Waals surface area contributed by atoms with Crippen LogP contribution >= 0.6 is 0 Å². The minimum atomic E-state index is -1.60. The lowest BCUT2D eigenvalue weighted by Crippen LogP contribution is -2.17. The third kappa shape index (κ3) is 2.41. The number of rotatable bonds is 3. The van der Waals surface area contributed by atoms with Crippen molar-refractivity contribution in [2.24, 2.45) is 0 Å². The molecule has 0 unspecified atom stereocenters. The van der Waals surface area contributed by atoms with E-state index in [0.717, 1.165) is 12.8 Å². The molecule has 120 valence electrons. The molecule has 0 bridgehead atoms. The third-order valence-electron chi connectivity index (χ3n) is 4.09. The Kier molecular flexibility index (Phi) is 3.32. The third-order valence-corrected chi connectivity index (χ3v) is 4.09. The zero-order valence-electron chi connectivity index (χ0n) is 12.5. The zero-order valence-corrected chi connectivity index (χ0v) is 12.5. The Morgan fingerprint density at radius 3 is 2.61 bits per heavy atom. The Hall–Kier alpha value is -2.90. The van der Waals surface area contributed by atoms with E-state index >= 15 is 0 Å². The molecule has 1 aromatic heterocycles. The quantitative estimate of drug-likeness (QED) is 0.529. The zero-order chi connectivity index (χ0) is 16.9. The second-order valence-corrected chi connectivity index (χ2v) is 5.65. The van der Waals surface area contributed by atoms with Gasteiger partial charge in [-0.1, -0.05) is 0 Å². The molecule has 0 spiro atoms. The van der Waals surface area contributed by atoms with E-state index in [4.69, 9.17) is 5.11 Å². The summed E-state index contributed by atoms with van der Waals surface area (Å²) < 4.78 is 6.15. The largest absolute Gasteiger partial charge is 0.511 e. The van der Waals surface area contributed by atoms with Crippen molar-refractivity contribution in [3.8, 4) is 5.75 Å². The molecule has 8 nitrogen and oxygen atoms in total. The summed E-state index contributed by atoms with van der Waals surface area (Å²) in [5.74, 6) is -0.338. The second-order valence-electron chi connectivity index (χ2n) is 5.65. The lowest BCUT2D eigenvalue weighted by atomic mass is 10.0. The molecule has 3 rings (SSSR count). The highest BCUT2D eigenvalue weighted by Crippen LogP contribution is 2.41. The fourth-order valence-electron chi connectivity index (χ4n) is 2.73. The van der Waals surface area contributed by atoms with E-state index in [1.807, 2.05) is 0 Å². The molecule has 0 radical (unpaired) electrons. The first-order valence-electron chi connectivity index (χ1n) is 7.05. The van der Waals surface area contributed by atoms with Crippen LogP contribution in [0.5, 0.6) is 5.75 Å². The average Bonchev–Trinajstić information content (AvgIpc) is 3.27. The number of aryl methyl sites for hydroxylation is 1. The fraction of sp³-hybridized carbons (Fsp3) is 0.333. The van der Waals surface area contributed by atoms with Gasteiger partial charge in [-0.3, -0.25) is 14.9 Å². The number of carboxylic acid groups (broad SMARTS) is 1. The van der Waals surface area contributed by atoms with Gasteiger partial charge in [-0.15, -0.1) is 0 Å². The lowest BCUT2D eigenvalue weighted by Gasteiger charge is -2.14. The van der Waals surface area contributed by atoms with E-state index in [2.05, 4.69) is 4.74 Å². The molecule has 0 saturated heterocycles. The lowest BCUT2D eigenvalue weighted by molar-refractivity contribution is -0.383. The Balaban J connectivity index is 2.47. The number of nitro groups is 1. The Morgan fingerprint density at radius 1 is 1.43 bits per heavy atom. The normalized spacial score (nSPS) is 14.0. The van der Waals surface area contributed by atoms with Crippen molar-refractivity contribution in [3.63, 3.8) is 0 Å². The second kappa shape index (κ2) is 5.08. The summed E-state index contributed by atoms with van der Waals surface area (Å²) in [7, 11) is 0. The number of nitrogens with zero attached hydrogens (tertiary/aromatic N) is 2. The topological polar surface area (TPSA) is 112 Å². The molecule has 1 aromatic carbocycles. The number of benzene rings is 1. The van der Waals surface area contributed by atoms with Crippen LogP contribution < -0.4 is 10.2 Å². The van der Waals surface area contributed by atoms with Crippen LogP contribution in [0.3, 0.4) is 0 Å². The van der Waals surface area contributed by atoms with Gasteiger partial charge in [0.25, 0.3) is 5.69 Å². The maximum atomic E-state index is 12.5. The van der Waals surface area contributed by atoms with Gasteiger partial charge >= 0.3 is 6.16 Å². The molecular weight excluding hydrogens is 304 g/mol. The van der Waals surface area contributed by atoms with Crippen LogP contribution in [-0.4, -0.2) is 20.8 Å². The van der Waals surface area contributed by atoms with Crippen LogP contribution in [0, 0.1) is 24.0 Å². The minimum Gasteiger partial charge on any atom is -0.449 e. The standard InChI is InChI=1S/C15H14N2O6/c1-7-5-10-13(12(8(7)2)17(21)22)16(9-3-4-9)6-11(14(10)18)23-15(19)20/h5-6,9H,3-4H2,1-2H3,(H,19,20). The van der Waals surface area contributed by atoms with Gasteiger partial charge in [0, 0.05) is 11.6 Å². The molecular formula is C15H14N2O6. The highest BCUT2D eigenvalue weighted by molar-refractivity contribution is 5.91. The maximum Gasteiger partial charge on any atom is 0.511 e. The highest BCUT2D eigenvalue weighted by atomic mass is 16.7. The first kappa shape index (κ1) is 15.0. The van der Waals surface area contributed by atoms with Crippen LogP contribution in [0.4, 0.5) is 10.5 Å². The number of nitro benzene ring substituents is 1. The molecule has 2 aromatic rings. The summed E-state index contributed by atoms with van der Waals surface area (Å²) in [6.45, 7) is 3.31. The van der Waals surface area contributed by atoms with Crippen LogP contribution in [0.2, 0.25) is 0 Å². The van der Waals surface area contributed by atoms with Crippen molar-refractivity contribution < 1.29 is 19.6 Å². The van der Waals surface area contributed by atoms with E-state index in [9.17, 15) is 19.7 Å². The molecule has 1 fully saturated rings. The summed E-state index contributed by atoms with van der Waals surface area (Å²) in [5.41, 5.74) is 0.527. The van der Waals surface area contributed by atoms with Gasteiger partial charge in [-0.25, -0.2) is 4.79 Å². The predicted octanol–water partition coefficient (Wildman–Crippen LogP) is 2.92. The van der Waals surface area contributed by atoms with Gasteiger partial charge in [-0.2, -0.15) is 0 Å². The van der Waals surface area contributed by atoms with Crippen molar-refractivity contribution >= 4 is 22.7 Å². The van der Waals surface area contributed by atoms with Crippen molar-refractivity contribution in [1.82, 2.24) is 4.57 Å². The van der Waals surface area contributed by atoms with Crippen LogP contribution in [0.25, 0.3) is 10.9 Å². The van der Waals surface area contributed by atoms with Gasteiger partial charge in [0.2, 0.25) is 5.43 Å². The van der Waals surface area contributed by atoms with E-state index in [0.29, 0.717) is 11.1 Å². The maximum absolute atomic E-state index is 12.5. The average molecular weight is 318 g/mol. The van der Waals surface area contributed by atoms with Crippen molar-refractivity contribution in [2.75, 3.05) is 0 Å². The van der Waals surface area contributed by atoms with Crippen molar-refractivity contribution in [3.05, 3.63) is 43.7 Å². The molecule has 1 N–H and O–H groups in total. The van der Waals surface area contributed by atoms with Gasteiger partial charge in [0.15, 0.2) is 5.75 Å². The molecule has 23 heavy (non-hydrogen) atoms. The van der Waals surface area contributed by atoms with Gasteiger partial charge < -0.3 is 14.4 Å². The number of ether oxygens (including phenoxy) is 1. The predicted molar refractivity (Wildman–Crippen MR) is 81.3 cm³/mol. The Morgan fingerprint density at radius 2 is 2.09 bits per heavy atom. The number of carbonyl (C=O) groups is 1. The summed E-state index contributed by atoms with van der Waals surface area (Å²) in [4.78, 5) is 34.3. The van der Waals surface area contributed by atoms with E-state index in [1.165, 1.54) is 6.20 Å². The number of hydrogen-bond donors (Lipinski definition) is 1. The molecule has 0 amide bonds. The number of aromatic nitrogens is 1. The Labute approximate surface area is 130 Å². The molecule has 1 aliphatic rings.